The molecule has 2 atom stereocenters. The lowest BCUT2D eigenvalue weighted by Crippen LogP contribution is -2.60. The molecular formula is C30H38N4O4. The number of aryl methyl sites for hydroxylation is 1. The molecule has 1 heterocycles. The number of fused-ring (bicyclic) bond motifs is 1. The Hall–Kier alpha value is -3.65. The summed E-state index contributed by atoms with van der Waals surface area (Å²) in [6, 6.07) is 14.0. The maximum atomic E-state index is 13.4. The third kappa shape index (κ3) is 7.01. The zero-order chi connectivity index (χ0) is 27.0. The molecule has 202 valence electrons. The van der Waals surface area contributed by atoms with Crippen LogP contribution in [0, 0.1) is 6.92 Å². The van der Waals surface area contributed by atoms with Gasteiger partial charge in [-0.1, -0.05) is 73.0 Å². The molecule has 2 aromatic rings. The number of carbonyl (C=O) groups is 3. The Morgan fingerprint density at radius 1 is 0.974 bits per heavy atom. The minimum absolute atomic E-state index is 0.193. The van der Waals surface area contributed by atoms with E-state index in [9.17, 15) is 14.4 Å². The van der Waals surface area contributed by atoms with Crippen LogP contribution in [0.2, 0.25) is 0 Å². The van der Waals surface area contributed by atoms with Gasteiger partial charge >= 0.3 is 0 Å². The molecule has 4 N–H and O–H groups in total. The van der Waals surface area contributed by atoms with Crippen LogP contribution < -0.4 is 26.0 Å². The van der Waals surface area contributed by atoms with Crippen molar-refractivity contribution in [1.82, 2.24) is 21.3 Å². The van der Waals surface area contributed by atoms with E-state index in [4.69, 9.17) is 4.74 Å². The molecular weight excluding hydrogens is 480 g/mol. The second kappa shape index (κ2) is 12.7. The molecule has 4 rings (SSSR count). The van der Waals surface area contributed by atoms with Gasteiger partial charge in [0.2, 0.25) is 17.7 Å². The number of benzene rings is 2. The molecule has 38 heavy (non-hydrogen) atoms. The number of carbonyl (C=O) groups excluding carboxylic acids is 3. The molecule has 2 aromatic carbocycles. The zero-order valence-electron chi connectivity index (χ0n) is 22.2. The summed E-state index contributed by atoms with van der Waals surface area (Å²) < 4.78 is 6.03. The van der Waals surface area contributed by atoms with E-state index >= 15 is 0 Å². The number of para-hydroxylation sites is 1. The van der Waals surface area contributed by atoms with E-state index in [1.807, 2.05) is 67.6 Å². The van der Waals surface area contributed by atoms with Crippen LogP contribution in [-0.4, -0.2) is 55.0 Å². The molecule has 0 unspecified atom stereocenters. The smallest absolute Gasteiger partial charge is 0.243 e. The standard InChI is InChI=1S/C30H38N4O4/c1-21-9-7-10-23(19-21)20-25-28(36)31-16-8-12-24-11-3-4-13-26(24)38-18-17-32-30(14-5-6-15-30)29(37)33-22(2)27(35)34-25/h3-4,7-13,19,22,25,32H,5-6,14-18,20H2,1-2H3,(H,31,36)(H,33,37)(H,34,35)/b12-8+/t22-,25-/m0/s1. The van der Waals surface area contributed by atoms with Crippen LogP contribution in [0.1, 0.15) is 49.3 Å². The summed E-state index contributed by atoms with van der Waals surface area (Å²) in [5, 5.41) is 12.1. The van der Waals surface area contributed by atoms with Gasteiger partial charge in [-0.15, -0.1) is 0 Å². The predicted octanol–water partition coefficient (Wildman–Crippen LogP) is 2.65. The van der Waals surface area contributed by atoms with Gasteiger partial charge in [-0.05, 0) is 38.3 Å². The monoisotopic (exact) mass is 518 g/mol. The van der Waals surface area contributed by atoms with Gasteiger partial charge in [0.15, 0.2) is 0 Å². The summed E-state index contributed by atoms with van der Waals surface area (Å²) in [7, 11) is 0. The molecule has 8 nitrogen and oxygen atoms in total. The predicted molar refractivity (Wildman–Crippen MR) is 148 cm³/mol. The van der Waals surface area contributed by atoms with Gasteiger partial charge in [0, 0.05) is 25.1 Å². The molecule has 1 spiro atoms. The lowest BCUT2D eigenvalue weighted by molar-refractivity contribution is -0.134. The van der Waals surface area contributed by atoms with Gasteiger partial charge in [-0.2, -0.15) is 0 Å². The Morgan fingerprint density at radius 3 is 2.55 bits per heavy atom. The number of hydrogen-bond donors (Lipinski definition) is 4. The molecule has 2 aliphatic rings. The van der Waals surface area contributed by atoms with Crippen molar-refractivity contribution in [2.45, 2.75) is 63.6 Å². The highest BCUT2D eigenvalue weighted by atomic mass is 16.5. The fourth-order valence-corrected chi connectivity index (χ4v) is 5.11. The average Bonchev–Trinajstić information content (AvgIpc) is 3.39. The van der Waals surface area contributed by atoms with Gasteiger partial charge in [0.1, 0.15) is 24.4 Å². The molecule has 1 aliphatic heterocycles. The minimum atomic E-state index is -0.795. The van der Waals surface area contributed by atoms with E-state index in [2.05, 4.69) is 21.3 Å². The Balaban J connectivity index is 1.58. The van der Waals surface area contributed by atoms with E-state index in [0.29, 0.717) is 39.0 Å². The highest BCUT2D eigenvalue weighted by Crippen LogP contribution is 2.30. The van der Waals surface area contributed by atoms with Crippen molar-refractivity contribution in [3.05, 3.63) is 71.3 Å². The van der Waals surface area contributed by atoms with Crippen LogP contribution in [-0.2, 0) is 20.8 Å². The quantitative estimate of drug-likeness (QED) is 0.489. The van der Waals surface area contributed by atoms with Crippen LogP contribution in [0.15, 0.2) is 54.6 Å². The molecule has 8 heteroatoms. The normalized spacial score (nSPS) is 23.7. The van der Waals surface area contributed by atoms with Gasteiger partial charge in [0.25, 0.3) is 0 Å². The summed E-state index contributed by atoms with van der Waals surface area (Å²) in [5.74, 6) is -0.140. The largest absolute Gasteiger partial charge is 0.492 e. The fourth-order valence-electron chi connectivity index (χ4n) is 5.11. The third-order valence-electron chi connectivity index (χ3n) is 7.22. The first-order valence-corrected chi connectivity index (χ1v) is 13.4. The Kier molecular flexibility index (Phi) is 9.18. The summed E-state index contributed by atoms with van der Waals surface area (Å²) >= 11 is 0. The first-order chi connectivity index (χ1) is 18.4. The Bertz CT molecular complexity index is 1170. The van der Waals surface area contributed by atoms with E-state index in [1.54, 1.807) is 6.92 Å². The van der Waals surface area contributed by atoms with Gasteiger partial charge in [-0.25, -0.2) is 0 Å². The molecule has 0 aromatic heterocycles. The SMILES string of the molecule is Cc1cccc(C[C@@H]2NC(=O)[C@H](C)NC(=O)C3(CCCC3)NCCOc3ccccc3/C=C/CNC2=O)c1. The van der Waals surface area contributed by atoms with Crippen LogP contribution >= 0.6 is 0 Å². The van der Waals surface area contributed by atoms with Crippen molar-refractivity contribution in [3.8, 4) is 5.75 Å². The number of hydrogen-bond acceptors (Lipinski definition) is 5. The lowest BCUT2D eigenvalue weighted by atomic mass is 9.95. The van der Waals surface area contributed by atoms with E-state index in [-0.39, 0.29) is 11.8 Å². The van der Waals surface area contributed by atoms with Gasteiger partial charge in [-0.3, -0.25) is 19.7 Å². The van der Waals surface area contributed by atoms with E-state index < -0.39 is 23.5 Å². The molecule has 0 bridgehead atoms. The molecule has 1 saturated carbocycles. The number of rotatable bonds is 2. The second-order valence-electron chi connectivity index (χ2n) is 10.2. The maximum Gasteiger partial charge on any atom is 0.243 e. The lowest BCUT2D eigenvalue weighted by Gasteiger charge is -2.31. The van der Waals surface area contributed by atoms with Crippen LogP contribution in [0.3, 0.4) is 0 Å². The van der Waals surface area contributed by atoms with Crippen molar-refractivity contribution in [3.63, 3.8) is 0 Å². The number of ether oxygens (including phenoxy) is 1. The summed E-state index contributed by atoms with van der Waals surface area (Å²) in [6.07, 6.45) is 7.39. The highest BCUT2D eigenvalue weighted by Gasteiger charge is 2.41. The number of amides is 3. The maximum absolute atomic E-state index is 13.4. The topological polar surface area (TPSA) is 109 Å². The van der Waals surface area contributed by atoms with E-state index in [0.717, 1.165) is 35.3 Å². The molecule has 1 aliphatic carbocycles. The van der Waals surface area contributed by atoms with Crippen molar-refractivity contribution < 1.29 is 19.1 Å². The fraction of sp³-hybridized carbons (Fsp3) is 0.433. The molecule has 1 fully saturated rings. The summed E-state index contributed by atoms with van der Waals surface area (Å²) in [4.78, 5) is 39.7. The van der Waals surface area contributed by atoms with Crippen molar-refractivity contribution in [2.75, 3.05) is 19.7 Å². The Morgan fingerprint density at radius 2 is 1.76 bits per heavy atom. The van der Waals surface area contributed by atoms with Crippen molar-refractivity contribution >= 4 is 23.8 Å². The summed E-state index contributed by atoms with van der Waals surface area (Å²) in [6.45, 7) is 4.83. The minimum Gasteiger partial charge on any atom is -0.492 e. The van der Waals surface area contributed by atoms with Crippen molar-refractivity contribution in [1.29, 1.82) is 0 Å². The third-order valence-corrected chi connectivity index (χ3v) is 7.22. The first kappa shape index (κ1) is 27.4. The Labute approximate surface area is 224 Å². The second-order valence-corrected chi connectivity index (χ2v) is 10.2. The first-order valence-electron chi connectivity index (χ1n) is 13.4. The van der Waals surface area contributed by atoms with Gasteiger partial charge in [0.05, 0.1) is 5.54 Å². The molecule has 0 saturated heterocycles. The molecule has 3 amide bonds. The van der Waals surface area contributed by atoms with Crippen LogP contribution in [0.25, 0.3) is 6.08 Å². The molecule has 0 radical (unpaired) electrons. The van der Waals surface area contributed by atoms with E-state index in [1.165, 1.54) is 0 Å². The number of nitrogens with one attached hydrogen (secondary N) is 4. The summed E-state index contributed by atoms with van der Waals surface area (Å²) in [5.41, 5.74) is 2.18. The zero-order valence-corrected chi connectivity index (χ0v) is 22.2. The average molecular weight is 519 g/mol. The van der Waals surface area contributed by atoms with Crippen LogP contribution in [0.5, 0.6) is 5.75 Å². The van der Waals surface area contributed by atoms with Crippen molar-refractivity contribution in [2.24, 2.45) is 0 Å². The van der Waals surface area contributed by atoms with Crippen LogP contribution in [0.4, 0.5) is 0 Å². The highest BCUT2D eigenvalue weighted by molar-refractivity contribution is 5.94. The van der Waals surface area contributed by atoms with Gasteiger partial charge < -0.3 is 20.7 Å².